The van der Waals surface area contributed by atoms with Gasteiger partial charge in [-0.05, 0) is 12.7 Å². The maximum absolute atomic E-state index is 12.2. The first-order valence-corrected chi connectivity index (χ1v) is 7.90. The first-order valence-electron chi connectivity index (χ1n) is 7.08. The lowest BCUT2D eigenvalue weighted by Gasteiger charge is -2.21. The van der Waals surface area contributed by atoms with Gasteiger partial charge >= 0.3 is 6.03 Å². The monoisotopic (exact) mass is 307 g/mol. The van der Waals surface area contributed by atoms with Crippen LogP contribution in [0.2, 0.25) is 13.1 Å². The minimum Gasteiger partial charge on any atom is -0.451 e. The van der Waals surface area contributed by atoms with Gasteiger partial charge in [0.25, 0.3) is 6.92 Å². The van der Waals surface area contributed by atoms with Crippen LogP contribution in [0.25, 0.3) is 0 Å². The fraction of sp³-hybridized carbons (Fsp3) is 0.538. The van der Waals surface area contributed by atoms with E-state index >= 15 is 0 Å². The standard InChI is InChI=1S/C13H18BN3O3S/c1-3-6-20-17-10-8-16(13(17)18)7-9-12(10)21-11(15-9)4-5-14(2)19/h3,10,19H,1,4-8H2,2H3. The number of hydrogen-bond acceptors (Lipinski definition) is 5. The lowest BCUT2D eigenvalue weighted by molar-refractivity contribution is -0.118. The molecule has 0 radical (unpaired) electrons. The van der Waals surface area contributed by atoms with Gasteiger partial charge in [-0.2, -0.15) is 5.06 Å². The normalized spacial score (nSPS) is 19.9. The number of aromatic nitrogens is 1. The topological polar surface area (TPSA) is 65.9 Å². The predicted molar refractivity (Wildman–Crippen MR) is 81.0 cm³/mol. The molecule has 2 aliphatic heterocycles. The Morgan fingerprint density at radius 2 is 2.48 bits per heavy atom. The Bertz CT molecular complexity index is 563. The summed E-state index contributed by atoms with van der Waals surface area (Å²) in [5.74, 6) is 0. The van der Waals surface area contributed by atoms with Gasteiger partial charge in [-0.25, -0.2) is 9.78 Å². The Balaban J connectivity index is 1.80. The molecule has 0 aromatic carbocycles. The van der Waals surface area contributed by atoms with Crippen molar-refractivity contribution in [3.8, 4) is 0 Å². The van der Waals surface area contributed by atoms with Gasteiger partial charge in [-0.15, -0.1) is 17.9 Å². The van der Waals surface area contributed by atoms with Crippen molar-refractivity contribution in [2.24, 2.45) is 0 Å². The molecule has 1 aromatic heterocycles. The van der Waals surface area contributed by atoms with Crippen LogP contribution in [0, 0.1) is 0 Å². The molecule has 2 bridgehead atoms. The van der Waals surface area contributed by atoms with Crippen LogP contribution in [0.15, 0.2) is 12.7 Å². The molecular weight excluding hydrogens is 289 g/mol. The molecule has 21 heavy (non-hydrogen) atoms. The van der Waals surface area contributed by atoms with Gasteiger partial charge in [0.15, 0.2) is 0 Å². The Morgan fingerprint density at radius 1 is 1.67 bits per heavy atom. The third-order valence-electron chi connectivity index (χ3n) is 3.66. The molecule has 1 saturated heterocycles. The molecule has 1 unspecified atom stereocenters. The van der Waals surface area contributed by atoms with E-state index in [1.165, 1.54) is 5.06 Å². The molecule has 3 rings (SSSR count). The molecular formula is C13H18BN3O3S. The second-order valence-corrected chi connectivity index (χ2v) is 6.51. The first kappa shape index (κ1) is 14.6. The van der Waals surface area contributed by atoms with Crippen molar-refractivity contribution >= 4 is 24.3 Å². The quantitative estimate of drug-likeness (QED) is 0.642. The van der Waals surface area contributed by atoms with E-state index in [9.17, 15) is 9.82 Å². The molecule has 6 nitrogen and oxygen atoms in total. The Labute approximate surface area is 128 Å². The third kappa shape index (κ3) is 2.70. The number of hydroxylamine groups is 2. The molecule has 1 atom stereocenters. The van der Waals surface area contributed by atoms with E-state index in [-0.39, 0.29) is 19.0 Å². The summed E-state index contributed by atoms with van der Waals surface area (Å²) in [6.07, 6.45) is 3.10. The number of aryl methyl sites for hydroxylation is 1. The highest BCUT2D eigenvalue weighted by molar-refractivity contribution is 7.11. The third-order valence-corrected chi connectivity index (χ3v) is 4.92. The Kier molecular flexibility index (Phi) is 4.01. The van der Waals surface area contributed by atoms with Gasteiger partial charge < -0.3 is 9.92 Å². The number of carbonyl (C=O) groups excluding carboxylic acids is 1. The summed E-state index contributed by atoms with van der Waals surface area (Å²) < 4.78 is 0. The van der Waals surface area contributed by atoms with Crippen LogP contribution in [0.5, 0.6) is 0 Å². The van der Waals surface area contributed by atoms with Gasteiger partial charge in [-0.1, -0.05) is 12.9 Å². The summed E-state index contributed by atoms with van der Waals surface area (Å²) >= 11 is 1.63. The molecule has 2 aliphatic rings. The summed E-state index contributed by atoms with van der Waals surface area (Å²) in [6, 6.07) is -0.170. The second-order valence-electron chi connectivity index (χ2n) is 5.40. The van der Waals surface area contributed by atoms with Gasteiger partial charge in [-0.3, -0.25) is 4.84 Å². The SMILES string of the molecule is C=CCON1C(=O)N2Cc3nc(CCB(C)O)sc3C1C2. The van der Waals surface area contributed by atoms with Crippen molar-refractivity contribution in [2.45, 2.75) is 32.2 Å². The molecule has 0 spiro atoms. The summed E-state index contributed by atoms with van der Waals surface area (Å²) in [5, 5.41) is 11.8. The number of nitrogens with zero attached hydrogens (tertiary/aromatic N) is 3. The van der Waals surface area contributed by atoms with Crippen molar-refractivity contribution in [2.75, 3.05) is 13.2 Å². The number of carbonyl (C=O) groups is 1. The fourth-order valence-electron chi connectivity index (χ4n) is 2.64. The summed E-state index contributed by atoms with van der Waals surface area (Å²) in [7, 11) is 0. The van der Waals surface area contributed by atoms with Gasteiger partial charge in [0.1, 0.15) is 6.04 Å². The van der Waals surface area contributed by atoms with Gasteiger partial charge in [0, 0.05) is 0 Å². The van der Waals surface area contributed by atoms with Crippen molar-refractivity contribution in [1.82, 2.24) is 14.9 Å². The van der Waals surface area contributed by atoms with E-state index in [0.29, 0.717) is 26.0 Å². The minimum atomic E-state index is -0.319. The molecule has 0 aliphatic carbocycles. The molecule has 112 valence electrons. The van der Waals surface area contributed by atoms with Crippen LogP contribution in [0.4, 0.5) is 4.79 Å². The molecule has 8 heteroatoms. The van der Waals surface area contributed by atoms with Crippen LogP contribution in [0.3, 0.4) is 0 Å². The fourth-order valence-corrected chi connectivity index (χ4v) is 3.81. The zero-order valence-corrected chi connectivity index (χ0v) is 12.8. The van der Waals surface area contributed by atoms with Crippen LogP contribution < -0.4 is 0 Å². The number of hydrogen-bond donors (Lipinski definition) is 1. The lowest BCUT2D eigenvalue weighted by Crippen LogP contribution is -2.30. The minimum absolute atomic E-state index is 0.0704. The molecule has 1 fully saturated rings. The molecule has 3 heterocycles. The molecule has 1 N–H and O–H groups in total. The van der Waals surface area contributed by atoms with Gasteiger partial charge in [0.05, 0.1) is 35.3 Å². The van der Waals surface area contributed by atoms with E-state index in [4.69, 9.17) is 4.84 Å². The first-order chi connectivity index (χ1) is 10.1. The number of thiazole rings is 1. The number of fused-ring (bicyclic) bond motifs is 4. The zero-order chi connectivity index (χ0) is 15.0. The molecule has 0 saturated carbocycles. The second kappa shape index (κ2) is 5.78. The van der Waals surface area contributed by atoms with E-state index < -0.39 is 0 Å². The highest BCUT2D eigenvalue weighted by atomic mass is 32.1. The van der Waals surface area contributed by atoms with Crippen molar-refractivity contribution in [3.63, 3.8) is 0 Å². The predicted octanol–water partition coefficient (Wildman–Crippen LogP) is 1.71. The summed E-state index contributed by atoms with van der Waals surface area (Å²) in [5.41, 5.74) is 0.967. The summed E-state index contributed by atoms with van der Waals surface area (Å²) in [4.78, 5) is 25.2. The van der Waals surface area contributed by atoms with Crippen molar-refractivity contribution in [1.29, 1.82) is 0 Å². The Hall–Kier alpha value is -1.38. The molecule has 2 amide bonds. The largest absolute Gasteiger partial charge is 0.451 e. The van der Waals surface area contributed by atoms with E-state index in [0.717, 1.165) is 22.0 Å². The zero-order valence-electron chi connectivity index (χ0n) is 12.0. The highest BCUT2D eigenvalue weighted by Gasteiger charge is 2.45. The smallest absolute Gasteiger partial charge is 0.345 e. The van der Waals surface area contributed by atoms with Crippen LogP contribution in [0.1, 0.15) is 21.6 Å². The average Bonchev–Trinajstić information content (AvgIpc) is 2.97. The van der Waals surface area contributed by atoms with E-state index in [1.54, 1.807) is 29.1 Å². The van der Waals surface area contributed by atoms with Crippen molar-refractivity contribution < 1.29 is 14.7 Å². The maximum Gasteiger partial charge on any atom is 0.345 e. The van der Waals surface area contributed by atoms with Crippen LogP contribution in [-0.2, 0) is 17.8 Å². The van der Waals surface area contributed by atoms with E-state index in [1.807, 2.05) is 0 Å². The molecule has 1 aromatic rings. The number of amides is 2. The van der Waals surface area contributed by atoms with Crippen LogP contribution >= 0.6 is 11.3 Å². The maximum atomic E-state index is 12.2. The van der Waals surface area contributed by atoms with E-state index in [2.05, 4.69) is 11.6 Å². The average molecular weight is 307 g/mol. The number of urea groups is 1. The Morgan fingerprint density at radius 3 is 3.19 bits per heavy atom. The lowest BCUT2D eigenvalue weighted by atomic mass is 9.67. The van der Waals surface area contributed by atoms with Gasteiger partial charge in [0.2, 0.25) is 0 Å². The highest BCUT2D eigenvalue weighted by Crippen LogP contribution is 2.41. The van der Waals surface area contributed by atoms with Crippen molar-refractivity contribution in [3.05, 3.63) is 28.2 Å². The van der Waals surface area contributed by atoms with Crippen LogP contribution in [-0.4, -0.2) is 46.1 Å². The summed E-state index contributed by atoms with van der Waals surface area (Å²) in [6.45, 7) is 6.59. The number of rotatable bonds is 6.